The summed E-state index contributed by atoms with van der Waals surface area (Å²) < 4.78 is 33.4. The molecule has 3 rings (SSSR count). The lowest BCUT2D eigenvalue weighted by atomic mass is 9.97. The Kier molecular flexibility index (Phi) is 8.82. The molecule has 3 aliphatic heterocycles. The predicted molar refractivity (Wildman–Crippen MR) is 102 cm³/mol. The number of hydrogen-bond donors (Lipinski definition) is 7. The van der Waals surface area contributed by atoms with E-state index < -0.39 is 92.6 Å². The van der Waals surface area contributed by atoms with E-state index >= 15 is 0 Å². The van der Waals surface area contributed by atoms with E-state index in [2.05, 4.69) is 0 Å². The van der Waals surface area contributed by atoms with Gasteiger partial charge in [-0.25, -0.2) is 0 Å². The van der Waals surface area contributed by atoms with Crippen molar-refractivity contribution in [1.29, 1.82) is 0 Å². The second kappa shape index (κ2) is 10.8. The molecule has 0 unspecified atom stereocenters. The summed E-state index contributed by atoms with van der Waals surface area (Å²) in [5.41, 5.74) is 0. The smallest absolute Gasteiger partial charge is 0.187 e. The molecule has 0 radical (unpaired) electrons. The number of hydrogen-bond acceptors (Lipinski definition) is 13. The maximum absolute atomic E-state index is 10.8. The van der Waals surface area contributed by atoms with Gasteiger partial charge in [-0.05, 0) is 13.8 Å². The van der Waals surface area contributed by atoms with Crippen molar-refractivity contribution < 1.29 is 64.2 Å². The summed E-state index contributed by atoms with van der Waals surface area (Å²) in [5.74, 6) is 0. The van der Waals surface area contributed by atoms with Crippen molar-refractivity contribution in [3.05, 3.63) is 0 Å². The highest BCUT2D eigenvalue weighted by atomic mass is 16.8. The van der Waals surface area contributed by atoms with Crippen LogP contribution in [-0.2, 0) is 28.4 Å². The first-order chi connectivity index (χ1) is 15.1. The molecule has 0 aromatic rings. The molecule has 0 bridgehead atoms. The van der Waals surface area contributed by atoms with Gasteiger partial charge in [0.05, 0.1) is 24.9 Å². The lowest BCUT2D eigenvalue weighted by molar-refractivity contribution is -0.383. The van der Waals surface area contributed by atoms with Crippen LogP contribution < -0.4 is 0 Å². The second-order valence-electron chi connectivity index (χ2n) is 8.41. The molecule has 14 atom stereocenters. The first kappa shape index (κ1) is 26.1. The van der Waals surface area contributed by atoms with E-state index in [9.17, 15) is 35.7 Å². The van der Waals surface area contributed by atoms with Gasteiger partial charge in [0.15, 0.2) is 18.9 Å². The van der Waals surface area contributed by atoms with Gasteiger partial charge in [0.25, 0.3) is 0 Å². The highest BCUT2D eigenvalue weighted by molar-refractivity contribution is 4.95. The Hall–Kier alpha value is -0.520. The van der Waals surface area contributed by atoms with Crippen LogP contribution in [-0.4, -0.2) is 135 Å². The molecule has 0 aromatic heterocycles. The second-order valence-corrected chi connectivity index (χ2v) is 8.41. The van der Waals surface area contributed by atoms with Crippen molar-refractivity contribution in [2.75, 3.05) is 13.7 Å². The summed E-state index contributed by atoms with van der Waals surface area (Å²) in [6, 6.07) is 0. The normalized spacial score (nSPS) is 52.7. The molecule has 0 spiro atoms. The van der Waals surface area contributed by atoms with Crippen molar-refractivity contribution in [2.24, 2.45) is 0 Å². The number of rotatable bonds is 6. The molecule has 13 heteroatoms. The Morgan fingerprint density at radius 3 is 1.94 bits per heavy atom. The molecular formula is C19H34O13. The Balaban J connectivity index is 1.82. The lowest BCUT2D eigenvalue weighted by Gasteiger charge is -2.48. The average Bonchev–Trinajstić information content (AvgIpc) is 2.76. The lowest BCUT2D eigenvalue weighted by Crippen LogP contribution is -2.65. The monoisotopic (exact) mass is 470 g/mol. The van der Waals surface area contributed by atoms with Gasteiger partial charge in [-0.3, -0.25) is 0 Å². The maximum Gasteiger partial charge on any atom is 0.187 e. The van der Waals surface area contributed by atoms with Gasteiger partial charge in [0.1, 0.15) is 48.8 Å². The molecule has 7 N–H and O–H groups in total. The van der Waals surface area contributed by atoms with Gasteiger partial charge in [-0.1, -0.05) is 0 Å². The third-order valence-corrected chi connectivity index (χ3v) is 6.11. The van der Waals surface area contributed by atoms with Crippen LogP contribution in [0.5, 0.6) is 0 Å². The molecule has 13 nitrogen and oxygen atoms in total. The molecule has 3 fully saturated rings. The van der Waals surface area contributed by atoms with Gasteiger partial charge >= 0.3 is 0 Å². The number of methoxy groups -OCH3 is 1. The Labute approximate surface area is 185 Å². The standard InChI is InChI=1S/C19H34O13/c1-6-8(21)4-9(22)17(28-6)31-15-12(24)10(5-20)30-19(27-3)16(15)32-18-14(26)13(25)11(23)7(2)29-18/h6-26H,4-5H2,1-3H3/t6-,7-,8-,9-,10-,11+,12-,13+,14-,15+,16+,17-,18-,19+/m1/s1. The van der Waals surface area contributed by atoms with Gasteiger partial charge in [0, 0.05) is 13.5 Å². The Bertz CT molecular complexity index is 596. The molecule has 188 valence electrons. The fourth-order valence-corrected chi connectivity index (χ4v) is 4.03. The zero-order valence-corrected chi connectivity index (χ0v) is 18.1. The third-order valence-electron chi connectivity index (χ3n) is 6.11. The van der Waals surface area contributed by atoms with Crippen molar-refractivity contribution in [3.8, 4) is 0 Å². The van der Waals surface area contributed by atoms with Crippen molar-refractivity contribution in [2.45, 2.75) is 106 Å². The first-order valence-corrected chi connectivity index (χ1v) is 10.6. The molecule has 0 amide bonds. The minimum absolute atomic E-state index is 0.0279. The Morgan fingerprint density at radius 1 is 0.688 bits per heavy atom. The Morgan fingerprint density at radius 2 is 1.31 bits per heavy atom. The third kappa shape index (κ3) is 5.25. The maximum atomic E-state index is 10.8. The highest BCUT2D eigenvalue weighted by Gasteiger charge is 2.52. The van der Waals surface area contributed by atoms with Crippen LogP contribution in [0.1, 0.15) is 20.3 Å². The van der Waals surface area contributed by atoms with Crippen LogP contribution in [0.25, 0.3) is 0 Å². The summed E-state index contributed by atoms with van der Waals surface area (Å²) in [6.07, 6.45) is -17.3. The van der Waals surface area contributed by atoms with Gasteiger partial charge in [-0.2, -0.15) is 0 Å². The SMILES string of the molecule is CO[C@H]1O[C@H](CO)[C@@H](O)[C@H](O[C@H]2O[C@H](C)[C@H](O)C[C@H]2O)[C@@H]1O[C@H]1O[C@H](C)[C@H](O)[C@H](O)[C@H]1O. The van der Waals surface area contributed by atoms with E-state index in [1.807, 2.05) is 0 Å². The summed E-state index contributed by atoms with van der Waals surface area (Å²) >= 11 is 0. The number of aliphatic hydroxyl groups is 7. The predicted octanol–water partition coefficient (Wildman–Crippen LogP) is -3.83. The summed E-state index contributed by atoms with van der Waals surface area (Å²) in [4.78, 5) is 0. The number of ether oxygens (including phenoxy) is 6. The summed E-state index contributed by atoms with van der Waals surface area (Å²) in [5, 5.41) is 70.8. The van der Waals surface area contributed by atoms with Crippen molar-refractivity contribution in [3.63, 3.8) is 0 Å². The van der Waals surface area contributed by atoms with Crippen LogP contribution in [0.3, 0.4) is 0 Å². The molecule has 3 saturated heterocycles. The van der Waals surface area contributed by atoms with E-state index in [0.717, 1.165) is 0 Å². The molecule has 0 saturated carbocycles. The minimum atomic E-state index is -1.64. The highest BCUT2D eigenvalue weighted by Crippen LogP contribution is 2.33. The molecule has 3 aliphatic rings. The fourth-order valence-electron chi connectivity index (χ4n) is 4.03. The van der Waals surface area contributed by atoms with Crippen LogP contribution in [0.15, 0.2) is 0 Å². The van der Waals surface area contributed by atoms with E-state index in [4.69, 9.17) is 28.4 Å². The quantitative estimate of drug-likeness (QED) is 0.199. The average molecular weight is 470 g/mol. The summed E-state index contributed by atoms with van der Waals surface area (Å²) in [7, 11) is 1.29. The van der Waals surface area contributed by atoms with Crippen LogP contribution in [0, 0.1) is 0 Å². The largest absolute Gasteiger partial charge is 0.394 e. The zero-order valence-electron chi connectivity index (χ0n) is 18.1. The van der Waals surface area contributed by atoms with Gasteiger partial charge in [0.2, 0.25) is 0 Å². The van der Waals surface area contributed by atoms with Gasteiger partial charge in [-0.15, -0.1) is 0 Å². The zero-order chi connectivity index (χ0) is 23.7. The molecule has 3 heterocycles. The first-order valence-electron chi connectivity index (χ1n) is 10.6. The fraction of sp³-hybridized carbons (Fsp3) is 1.00. The van der Waals surface area contributed by atoms with Crippen molar-refractivity contribution in [1.82, 2.24) is 0 Å². The molecule has 0 aromatic carbocycles. The van der Waals surface area contributed by atoms with E-state index in [-0.39, 0.29) is 6.42 Å². The molecule has 0 aliphatic carbocycles. The van der Waals surface area contributed by atoms with Gasteiger partial charge < -0.3 is 64.2 Å². The van der Waals surface area contributed by atoms with E-state index in [1.54, 1.807) is 6.92 Å². The van der Waals surface area contributed by atoms with Crippen LogP contribution in [0.2, 0.25) is 0 Å². The van der Waals surface area contributed by atoms with E-state index in [1.165, 1.54) is 14.0 Å². The van der Waals surface area contributed by atoms with E-state index in [0.29, 0.717) is 0 Å². The van der Waals surface area contributed by atoms with Crippen LogP contribution in [0.4, 0.5) is 0 Å². The van der Waals surface area contributed by atoms with Crippen molar-refractivity contribution >= 4 is 0 Å². The minimum Gasteiger partial charge on any atom is -0.394 e. The topological polar surface area (TPSA) is 197 Å². The molecule has 32 heavy (non-hydrogen) atoms. The van der Waals surface area contributed by atoms with Crippen LogP contribution >= 0.6 is 0 Å². The molecular weight excluding hydrogens is 436 g/mol. The number of aliphatic hydroxyl groups excluding tert-OH is 7. The summed E-state index contributed by atoms with van der Waals surface area (Å²) in [6.45, 7) is 2.49.